The minimum Gasteiger partial charge on any atom is -0.352 e. The van der Waals surface area contributed by atoms with Crippen LogP contribution in [-0.2, 0) is 26.2 Å². The molecule has 10 heteroatoms. The molecule has 0 fully saturated rings. The molecule has 0 bridgehead atoms. The topological polar surface area (TPSA) is 86.8 Å². The summed E-state index contributed by atoms with van der Waals surface area (Å²) in [5.41, 5.74) is 1.88. The van der Waals surface area contributed by atoms with Gasteiger partial charge in [-0.3, -0.25) is 13.9 Å². The summed E-state index contributed by atoms with van der Waals surface area (Å²) in [5.74, 6) is -0.883. The molecule has 0 saturated carbocycles. The Hall–Kier alpha value is -3.07. The normalized spacial score (nSPS) is 12.9. The highest BCUT2D eigenvalue weighted by molar-refractivity contribution is 7.92. The largest absolute Gasteiger partial charge is 0.352 e. The van der Waals surface area contributed by atoms with Crippen LogP contribution in [0.15, 0.2) is 77.7 Å². The Bertz CT molecular complexity index is 1400. The number of amides is 2. The predicted molar refractivity (Wildman–Crippen MR) is 157 cm³/mol. The van der Waals surface area contributed by atoms with Crippen LogP contribution in [-0.4, -0.2) is 43.8 Å². The van der Waals surface area contributed by atoms with Crippen molar-refractivity contribution in [2.45, 2.75) is 57.6 Å². The van der Waals surface area contributed by atoms with Gasteiger partial charge in [0, 0.05) is 22.6 Å². The molecule has 3 rings (SSSR count). The number of aryl methyl sites for hydroxylation is 1. The van der Waals surface area contributed by atoms with Crippen LogP contribution >= 0.6 is 23.2 Å². The van der Waals surface area contributed by atoms with Gasteiger partial charge in [0.15, 0.2) is 0 Å². The number of nitrogens with one attached hydrogen (secondary N) is 1. The lowest BCUT2D eigenvalue weighted by Gasteiger charge is -2.32. The van der Waals surface area contributed by atoms with Crippen LogP contribution in [0.4, 0.5) is 5.69 Å². The minimum atomic E-state index is -4.14. The first kappa shape index (κ1) is 30.5. The van der Waals surface area contributed by atoms with Gasteiger partial charge >= 0.3 is 0 Å². The third-order valence-electron chi connectivity index (χ3n) is 6.41. The van der Waals surface area contributed by atoms with Gasteiger partial charge in [-0.15, -0.1) is 0 Å². The Kier molecular flexibility index (Phi) is 10.4. The van der Waals surface area contributed by atoms with Crippen LogP contribution < -0.4 is 9.62 Å². The second-order valence-electron chi connectivity index (χ2n) is 9.45. The van der Waals surface area contributed by atoms with Crippen molar-refractivity contribution in [3.8, 4) is 0 Å². The molecule has 0 unspecified atom stereocenters. The van der Waals surface area contributed by atoms with Crippen molar-refractivity contribution >= 4 is 50.7 Å². The van der Waals surface area contributed by atoms with Gasteiger partial charge in [0.05, 0.1) is 10.6 Å². The average molecular weight is 591 g/mol. The number of carbonyl (C=O) groups is 2. The smallest absolute Gasteiger partial charge is 0.264 e. The van der Waals surface area contributed by atoms with Gasteiger partial charge < -0.3 is 10.2 Å². The molecule has 2 atom stereocenters. The number of benzene rings is 3. The molecule has 0 radical (unpaired) electrons. The maximum absolute atomic E-state index is 13.9. The standard InChI is InChI=1S/C29H33Cl2N3O4S/c1-5-21(3)32-29(36)22(4)33(18-23-7-6-8-25(31)17-23)28(35)19-34(26-13-11-24(30)12-14-26)39(37,38)27-15-9-20(2)10-16-27/h6-17,21-22H,5,18-19H2,1-4H3,(H,32,36)/t21-,22+/m0/s1. The highest BCUT2D eigenvalue weighted by Crippen LogP contribution is 2.26. The van der Waals surface area contributed by atoms with Crippen LogP contribution in [0.1, 0.15) is 38.3 Å². The Morgan fingerprint density at radius 3 is 2.15 bits per heavy atom. The summed E-state index contributed by atoms with van der Waals surface area (Å²) < 4.78 is 28.6. The number of carbonyl (C=O) groups excluding carboxylic acids is 2. The zero-order chi connectivity index (χ0) is 28.7. The van der Waals surface area contributed by atoms with E-state index in [0.29, 0.717) is 15.6 Å². The van der Waals surface area contributed by atoms with Crippen LogP contribution in [0.5, 0.6) is 0 Å². The lowest BCUT2D eigenvalue weighted by atomic mass is 10.1. The number of rotatable bonds is 11. The number of sulfonamides is 1. The molecule has 0 spiro atoms. The molecule has 2 amide bonds. The second kappa shape index (κ2) is 13.3. The minimum absolute atomic E-state index is 0.0415. The van der Waals surface area contributed by atoms with Gasteiger partial charge in [0.1, 0.15) is 12.6 Å². The lowest BCUT2D eigenvalue weighted by Crippen LogP contribution is -2.52. The summed E-state index contributed by atoms with van der Waals surface area (Å²) >= 11 is 12.2. The Morgan fingerprint density at radius 1 is 0.923 bits per heavy atom. The first-order valence-electron chi connectivity index (χ1n) is 12.6. The van der Waals surface area contributed by atoms with E-state index in [9.17, 15) is 18.0 Å². The van der Waals surface area contributed by atoms with Gasteiger partial charge in [-0.1, -0.05) is 60.0 Å². The maximum atomic E-state index is 13.9. The van der Waals surface area contributed by atoms with Gasteiger partial charge in [-0.25, -0.2) is 8.42 Å². The molecule has 39 heavy (non-hydrogen) atoms. The zero-order valence-corrected chi connectivity index (χ0v) is 24.7. The van der Waals surface area contributed by atoms with E-state index in [2.05, 4.69) is 5.32 Å². The summed E-state index contributed by atoms with van der Waals surface area (Å²) in [5, 5.41) is 3.82. The summed E-state index contributed by atoms with van der Waals surface area (Å²) in [7, 11) is -4.14. The number of hydrogen-bond acceptors (Lipinski definition) is 4. The highest BCUT2D eigenvalue weighted by atomic mass is 35.5. The molecule has 7 nitrogen and oxygen atoms in total. The number of hydrogen-bond donors (Lipinski definition) is 1. The van der Waals surface area contributed by atoms with Gasteiger partial charge in [-0.2, -0.15) is 0 Å². The SMILES string of the molecule is CC[C@H](C)NC(=O)[C@@H](C)N(Cc1cccc(Cl)c1)C(=O)CN(c1ccc(Cl)cc1)S(=O)(=O)c1ccc(C)cc1. The van der Waals surface area contributed by atoms with E-state index >= 15 is 0 Å². The lowest BCUT2D eigenvalue weighted by molar-refractivity contribution is -0.139. The third kappa shape index (κ3) is 7.97. The van der Waals surface area contributed by atoms with E-state index in [1.54, 1.807) is 67.6 Å². The number of nitrogens with zero attached hydrogens (tertiary/aromatic N) is 2. The summed E-state index contributed by atoms with van der Waals surface area (Å²) in [6, 6.07) is 18.6. The fourth-order valence-electron chi connectivity index (χ4n) is 3.85. The fourth-order valence-corrected chi connectivity index (χ4v) is 5.61. The monoisotopic (exact) mass is 589 g/mol. The van der Waals surface area contributed by atoms with Gasteiger partial charge in [0.25, 0.3) is 10.0 Å². The van der Waals surface area contributed by atoms with Crippen LogP contribution in [0, 0.1) is 6.92 Å². The van der Waals surface area contributed by atoms with Crippen molar-refractivity contribution in [2.24, 2.45) is 0 Å². The van der Waals surface area contributed by atoms with Crippen molar-refractivity contribution in [3.05, 3.63) is 94.0 Å². The van der Waals surface area contributed by atoms with Crippen molar-refractivity contribution in [3.63, 3.8) is 0 Å². The molecule has 3 aromatic carbocycles. The fraction of sp³-hybridized carbons (Fsp3) is 0.310. The van der Waals surface area contributed by atoms with E-state index in [-0.39, 0.29) is 29.1 Å². The van der Waals surface area contributed by atoms with Crippen molar-refractivity contribution in [1.29, 1.82) is 0 Å². The average Bonchev–Trinajstić information content (AvgIpc) is 2.90. The van der Waals surface area contributed by atoms with Crippen LogP contribution in [0.2, 0.25) is 10.0 Å². The predicted octanol–water partition coefficient (Wildman–Crippen LogP) is 5.83. The Balaban J connectivity index is 2.02. The van der Waals surface area contributed by atoms with E-state index in [4.69, 9.17) is 23.2 Å². The van der Waals surface area contributed by atoms with Crippen molar-refractivity contribution in [1.82, 2.24) is 10.2 Å². The Morgan fingerprint density at radius 2 is 1.56 bits per heavy atom. The van der Waals surface area contributed by atoms with E-state index in [1.165, 1.54) is 17.0 Å². The number of anilines is 1. The van der Waals surface area contributed by atoms with Gasteiger partial charge in [-0.05, 0) is 81.3 Å². The van der Waals surface area contributed by atoms with E-state index < -0.39 is 28.5 Å². The molecule has 3 aromatic rings. The first-order valence-corrected chi connectivity index (χ1v) is 14.8. The molecular formula is C29H33Cl2N3O4S. The summed E-state index contributed by atoms with van der Waals surface area (Å²) in [6.07, 6.45) is 0.722. The molecular weight excluding hydrogens is 557 g/mol. The van der Waals surface area contributed by atoms with Crippen molar-refractivity contribution < 1.29 is 18.0 Å². The molecule has 0 aliphatic rings. The maximum Gasteiger partial charge on any atom is 0.264 e. The summed E-state index contributed by atoms with van der Waals surface area (Å²) in [6.45, 7) is 6.85. The molecule has 0 aromatic heterocycles. The highest BCUT2D eigenvalue weighted by Gasteiger charge is 2.32. The molecule has 208 valence electrons. The van der Waals surface area contributed by atoms with Crippen LogP contribution in [0.25, 0.3) is 0 Å². The summed E-state index contributed by atoms with van der Waals surface area (Å²) in [4.78, 5) is 28.4. The van der Waals surface area contributed by atoms with E-state index in [1.807, 2.05) is 20.8 Å². The quantitative estimate of drug-likeness (QED) is 0.305. The Labute approximate surface area is 240 Å². The zero-order valence-electron chi connectivity index (χ0n) is 22.4. The second-order valence-corrected chi connectivity index (χ2v) is 12.2. The van der Waals surface area contributed by atoms with E-state index in [0.717, 1.165) is 16.3 Å². The van der Waals surface area contributed by atoms with Crippen LogP contribution in [0.3, 0.4) is 0 Å². The first-order chi connectivity index (χ1) is 18.4. The van der Waals surface area contributed by atoms with Gasteiger partial charge in [0.2, 0.25) is 11.8 Å². The number of halogens is 2. The molecule has 1 N–H and O–H groups in total. The molecule has 0 saturated heterocycles. The molecule has 0 aliphatic carbocycles. The van der Waals surface area contributed by atoms with Crippen molar-refractivity contribution in [2.75, 3.05) is 10.8 Å². The molecule has 0 heterocycles. The molecule has 0 aliphatic heterocycles. The third-order valence-corrected chi connectivity index (χ3v) is 8.69.